The first-order valence-corrected chi connectivity index (χ1v) is 6.40. The Morgan fingerprint density at radius 3 is 2.83 bits per heavy atom. The molecule has 0 bridgehead atoms. The van der Waals surface area contributed by atoms with Gasteiger partial charge in [-0.15, -0.1) is 11.3 Å². The van der Waals surface area contributed by atoms with E-state index in [0.717, 1.165) is 10.7 Å². The largest absolute Gasteiger partial charge is 0.497 e. The van der Waals surface area contributed by atoms with Gasteiger partial charge < -0.3 is 9.84 Å². The highest BCUT2D eigenvalue weighted by Crippen LogP contribution is 2.24. The fourth-order valence-corrected chi connectivity index (χ4v) is 2.34. The molecule has 1 N–H and O–H groups in total. The minimum atomic E-state index is -0.891. The van der Waals surface area contributed by atoms with Crippen LogP contribution in [0.15, 0.2) is 23.6 Å². The zero-order chi connectivity index (χ0) is 13.1. The number of aliphatic hydroxyl groups excluding tert-OH is 1. The number of hydrogen-bond donors (Lipinski definition) is 1. The molecular weight excluding hydrogens is 253 g/mol. The van der Waals surface area contributed by atoms with Crippen LogP contribution in [-0.4, -0.2) is 17.2 Å². The fourth-order valence-electron chi connectivity index (χ4n) is 1.72. The Kier molecular flexibility index (Phi) is 3.93. The molecule has 1 heterocycles. The summed E-state index contributed by atoms with van der Waals surface area (Å²) in [5.41, 5.74) is 1.04. The third-order valence-corrected chi connectivity index (χ3v) is 3.46. The van der Waals surface area contributed by atoms with Crippen LogP contribution in [0.25, 0.3) is 0 Å². The van der Waals surface area contributed by atoms with E-state index in [1.807, 2.05) is 12.3 Å². The molecule has 0 spiro atoms. The van der Waals surface area contributed by atoms with Gasteiger partial charge >= 0.3 is 0 Å². The molecule has 3 nitrogen and oxygen atoms in total. The number of aliphatic hydroxyl groups is 1. The molecular formula is C13H14FNO2S. The van der Waals surface area contributed by atoms with E-state index >= 15 is 0 Å². The van der Waals surface area contributed by atoms with Crippen LogP contribution < -0.4 is 4.74 Å². The fraction of sp³-hybridized carbons (Fsp3) is 0.308. The van der Waals surface area contributed by atoms with Crippen LogP contribution in [0.5, 0.6) is 5.75 Å². The molecule has 18 heavy (non-hydrogen) atoms. The van der Waals surface area contributed by atoms with Gasteiger partial charge in [0.1, 0.15) is 11.6 Å². The average Bonchev–Trinajstić information content (AvgIpc) is 2.74. The summed E-state index contributed by atoms with van der Waals surface area (Å²) in [5.74, 6) is -0.0262. The van der Waals surface area contributed by atoms with Crippen molar-refractivity contribution in [1.82, 2.24) is 4.98 Å². The summed E-state index contributed by atoms with van der Waals surface area (Å²) in [6.45, 7) is 1.90. The molecule has 0 aliphatic heterocycles. The minimum Gasteiger partial charge on any atom is -0.497 e. The number of aromatic nitrogens is 1. The van der Waals surface area contributed by atoms with Crippen molar-refractivity contribution in [3.8, 4) is 5.75 Å². The lowest BCUT2D eigenvalue weighted by atomic mass is 10.0. The third kappa shape index (κ3) is 2.86. The molecule has 1 unspecified atom stereocenters. The van der Waals surface area contributed by atoms with E-state index in [1.54, 1.807) is 6.07 Å². The van der Waals surface area contributed by atoms with Crippen molar-refractivity contribution in [3.63, 3.8) is 0 Å². The first-order chi connectivity index (χ1) is 8.60. The summed E-state index contributed by atoms with van der Waals surface area (Å²) in [6.07, 6.45) is -0.578. The Balaban J connectivity index is 2.15. The SMILES string of the molecule is COc1ccc(C(O)Cc2csc(C)n2)c(F)c1. The van der Waals surface area contributed by atoms with Gasteiger partial charge in [0.25, 0.3) is 0 Å². The van der Waals surface area contributed by atoms with Crippen molar-refractivity contribution in [2.24, 2.45) is 0 Å². The normalized spacial score (nSPS) is 12.4. The van der Waals surface area contributed by atoms with Crippen LogP contribution in [0, 0.1) is 12.7 Å². The summed E-state index contributed by atoms with van der Waals surface area (Å²) >= 11 is 1.52. The molecule has 0 saturated carbocycles. The molecule has 1 aromatic carbocycles. The summed E-state index contributed by atoms with van der Waals surface area (Å²) < 4.78 is 18.7. The van der Waals surface area contributed by atoms with E-state index in [9.17, 15) is 9.50 Å². The predicted molar refractivity (Wildman–Crippen MR) is 68.5 cm³/mol. The van der Waals surface area contributed by atoms with Gasteiger partial charge in [0, 0.05) is 23.4 Å². The second-order valence-corrected chi connectivity index (χ2v) is 5.03. The molecule has 96 valence electrons. The van der Waals surface area contributed by atoms with Gasteiger partial charge in [0.2, 0.25) is 0 Å². The van der Waals surface area contributed by atoms with Gasteiger partial charge in [-0.1, -0.05) is 0 Å². The Hall–Kier alpha value is -1.46. The van der Waals surface area contributed by atoms with E-state index in [-0.39, 0.29) is 5.56 Å². The third-order valence-electron chi connectivity index (χ3n) is 2.64. The average molecular weight is 267 g/mol. The molecule has 5 heteroatoms. The number of ether oxygens (including phenoxy) is 1. The zero-order valence-electron chi connectivity index (χ0n) is 10.2. The lowest BCUT2D eigenvalue weighted by molar-refractivity contribution is 0.172. The highest BCUT2D eigenvalue weighted by atomic mass is 32.1. The first-order valence-electron chi connectivity index (χ1n) is 5.52. The summed E-state index contributed by atoms with van der Waals surface area (Å²) in [5, 5.41) is 12.8. The Morgan fingerprint density at radius 1 is 1.50 bits per heavy atom. The second-order valence-electron chi connectivity index (χ2n) is 3.97. The summed E-state index contributed by atoms with van der Waals surface area (Å²) in [7, 11) is 1.48. The van der Waals surface area contributed by atoms with Crippen molar-refractivity contribution in [3.05, 3.63) is 45.7 Å². The van der Waals surface area contributed by atoms with Gasteiger partial charge in [0.15, 0.2) is 0 Å². The Bertz CT molecular complexity index is 542. The summed E-state index contributed by atoms with van der Waals surface area (Å²) in [4.78, 5) is 4.25. The standard InChI is InChI=1S/C13H14FNO2S/c1-8-15-9(7-18-8)5-13(16)11-4-3-10(17-2)6-12(11)14/h3-4,6-7,13,16H,5H2,1-2H3. The molecule has 2 rings (SSSR count). The Labute approximate surface area is 109 Å². The molecule has 0 saturated heterocycles. The van der Waals surface area contributed by atoms with Crippen LogP contribution >= 0.6 is 11.3 Å². The number of halogens is 1. The minimum absolute atomic E-state index is 0.265. The van der Waals surface area contributed by atoms with Crippen LogP contribution in [0.1, 0.15) is 22.4 Å². The molecule has 0 aliphatic carbocycles. The van der Waals surface area contributed by atoms with Gasteiger partial charge in [-0.25, -0.2) is 9.37 Å². The number of benzene rings is 1. The molecule has 2 aromatic rings. The van der Waals surface area contributed by atoms with E-state index in [4.69, 9.17) is 4.74 Å². The maximum Gasteiger partial charge on any atom is 0.132 e. The lowest BCUT2D eigenvalue weighted by Gasteiger charge is -2.11. The monoisotopic (exact) mass is 267 g/mol. The van der Waals surface area contributed by atoms with Crippen molar-refractivity contribution < 1.29 is 14.2 Å². The Morgan fingerprint density at radius 2 is 2.28 bits per heavy atom. The molecule has 0 amide bonds. The highest BCUT2D eigenvalue weighted by molar-refractivity contribution is 7.09. The molecule has 0 radical (unpaired) electrons. The maximum atomic E-state index is 13.7. The van der Waals surface area contributed by atoms with Crippen molar-refractivity contribution in [2.75, 3.05) is 7.11 Å². The van der Waals surface area contributed by atoms with E-state index in [2.05, 4.69) is 4.98 Å². The second kappa shape index (κ2) is 5.46. The topological polar surface area (TPSA) is 42.4 Å². The maximum absolute atomic E-state index is 13.7. The quantitative estimate of drug-likeness (QED) is 0.926. The van der Waals surface area contributed by atoms with Gasteiger partial charge in [-0.2, -0.15) is 0 Å². The van der Waals surface area contributed by atoms with Gasteiger partial charge in [-0.3, -0.25) is 0 Å². The van der Waals surface area contributed by atoms with E-state index < -0.39 is 11.9 Å². The smallest absolute Gasteiger partial charge is 0.132 e. The van der Waals surface area contributed by atoms with Gasteiger partial charge in [-0.05, 0) is 19.1 Å². The van der Waals surface area contributed by atoms with Crippen molar-refractivity contribution in [2.45, 2.75) is 19.4 Å². The zero-order valence-corrected chi connectivity index (χ0v) is 11.0. The van der Waals surface area contributed by atoms with E-state index in [1.165, 1.54) is 30.6 Å². The number of aryl methyl sites for hydroxylation is 1. The predicted octanol–water partition coefficient (Wildman–Crippen LogP) is 2.88. The lowest BCUT2D eigenvalue weighted by Crippen LogP contribution is -2.05. The van der Waals surface area contributed by atoms with Crippen LogP contribution in [0.2, 0.25) is 0 Å². The number of rotatable bonds is 4. The van der Waals surface area contributed by atoms with Crippen molar-refractivity contribution >= 4 is 11.3 Å². The number of thiazole rings is 1. The molecule has 1 atom stereocenters. The highest BCUT2D eigenvalue weighted by Gasteiger charge is 2.15. The van der Waals surface area contributed by atoms with Crippen LogP contribution in [0.4, 0.5) is 4.39 Å². The summed E-state index contributed by atoms with van der Waals surface area (Å²) in [6, 6.07) is 4.44. The number of methoxy groups -OCH3 is 1. The first kappa shape index (κ1) is 13.0. The molecule has 0 aliphatic rings. The van der Waals surface area contributed by atoms with Gasteiger partial charge in [0.05, 0.1) is 23.9 Å². The molecule has 1 aromatic heterocycles. The number of hydrogen-bond acceptors (Lipinski definition) is 4. The van der Waals surface area contributed by atoms with Crippen molar-refractivity contribution in [1.29, 1.82) is 0 Å². The van der Waals surface area contributed by atoms with E-state index in [0.29, 0.717) is 12.2 Å². The van der Waals surface area contributed by atoms with Crippen LogP contribution in [0.3, 0.4) is 0 Å². The molecule has 0 fully saturated rings. The number of nitrogens with zero attached hydrogens (tertiary/aromatic N) is 1. The van der Waals surface area contributed by atoms with Crippen LogP contribution in [-0.2, 0) is 6.42 Å².